The minimum Gasteiger partial charge on any atom is -0.462 e. The van der Waals surface area contributed by atoms with Crippen molar-refractivity contribution in [2.45, 2.75) is 6.92 Å². The summed E-state index contributed by atoms with van der Waals surface area (Å²) in [5.41, 5.74) is 6.05. The van der Waals surface area contributed by atoms with E-state index in [1.165, 1.54) is 4.80 Å². The molecule has 9 nitrogen and oxygen atoms in total. The second-order valence-electron chi connectivity index (χ2n) is 4.38. The monoisotopic (exact) mass is 300 g/mol. The number of anilines is 1. The molecule has 3 rings (SSSR count). The molecule has 22 heavy (non-hydrogen) atoms. The number of hydrogen-bond donors (Lipinski definition) is 2. The number of hydrogen-bond acceptors (Lipinski definition) is 7. The first kappa shape index (κ1) is 13.7. The number of aromatic amines is 1. The van der Waals surface area contributed by atoms with Crippen LogP contribution < -0.4 is 11.3 Å². The molecule has 0 saturated carbocycles. The van der Waals surface area contributed by atoms with Crippen LogP contribution in [0, 0.1) is 0 Å². The zero-order valence-corrected chi connectivity index (χ0v) is 11.6. The molecule has 0 aliphatic heterocycles. The molecule has 1 aromatic carbocycles. The van der Waals surface area contributed by atoms with Gasteiger partial charge in [-0.2, -0.15) is 4.98 Å². The van der Waals surface area contributed by atoms with E-state index in [4.69, 9.17) is 10.5 Å². The quantitative estimate of drug-likeness (QED) is 0.664. The van der Waals surface area contributed by atoms with Crippen LogP contribution in [0.1, 0.15) is 17.3 Å². The first-order valence-electron chi connectivity index (χ1n) is 6.49. The fraction of sp³-hybridized carbons (Fsp3) is 0.154. The van der Waals surface area contributed by atoms with E-state index < -0.39 is 11.5 Å². The molecule has 0 spiro atoms. The van der Waals surface area contributed by atoms with Gasteiger partial charge in [-0.25, -0.2) is 4.79 Å². The largest absolute Gasteiger partial charge is 0.462 e. The van der Waals surface area contributed by atoms with Crippen LogP contribution in [0.2, 0.25) is 0 Å². The highest BCUT2D eigenvalue weighted by molar-refractivity contribution is 5.90. The molecule has 3 N–H and O–H groups in total. The number of rotatable bonds is 3. The zero-order chi connectivity index (χ0) is 15.7. The molecule has 112 valence electrons. The van der Waals surface area contributed by atoms with Gasteiger partial charge in [0.25, 0.3) is 5.56 Å². The summed E-state index contributed by atoms with van der Waals surface area (Å²) in [6.07, 6.45) is 0. The molecule has 0 bridgehead atoms. The predicted molar refractivity (Wildman–Crippen MR) is 77.6 cm³/mol. The van der Waals surface area contributed by atoms with Gasteiger partial charge >= 0.3 is 5.97 Å². The number of carbonyl (C=O) groups excluding carboxylic acids is 1. The van der Waals surface area contributed by atoms with E-state index in [0.717, 1.165) is 0 Å². The van der Waals surface area contributed by atoms with Gasteiger partial charge in [0.1, 0.15) is 0 Å². The van der Waals surface area contributed by atoms with Crippen molar-refractivity contribution in [3.63, 3.8) is 0 Å². The first-order valence-corrected chi connectivity index (χ1v) is 6.49. The summed E-state index contributed by atoms with van der Waals surface area (Å²) < 4.78 is 4.94. The Morgan fingerprint density at radius 1 is 1.41 bits per heavy atom. The third-order valence-corrected chi connectivity index (χ3v) is 2.87. The Labute approximate surface area is 123 Å². The number of aromatic nitrogens is 5. The van der Waals surface area contributed by atoms with Crippen LogP contribution in [0.3, 0.4) is 0 Å². The maximum Gasteiger partial charge on any atom is 0.338 e. The summed E-state index contributed by atoms with van der Waals surface area (Å²) in [7, 11) is 0. The van der Waals surface area contributed by atoms with Crippen molar-refractivity contribution >= 4 is 23.1 Å². The van der Waals surface area contributed by atoms with Gasteiger partial charge in [-0.15, -0.1) is 15.0 Å². The lowest BCUT2D eigenvalue weighted by Gasteiger charge is -2.03. The van der Waals surface area contributed by atoms with Crippen molar-refractivity contribution in [1.29, 1.82) is 0 Å². The van der Waals surface area contributed by atoms with Gasteiger partial charge < -0.3 is 10.5 Å². The second kappa shape index (κ2) is 5.28. The van der Waals surface area contributed by atoms with E-state index in [9.17, 15) is 9.59 Å². The summed E-state index contributed by atoms with van der Waals surface area (Å²) in [6.45, 7) is 2.01. The number of ether oxygens (including phenoxy) is 1. The standard InChI is InChI=1S/C13H12N6O3/c1-2-22-12(21)7-4-3-5-8(6-7)19-17-9-10(18-19)15-13(14)16-11(9)20/h3-6H,2H2,1H3,(H3,14,15,16,18,20). The van der Waals surface area contributed by atoms with Gasteiger partial charge in [-0.3, -0.25) is 9.78 Å². The topological polar surface area (TPSA) is 129 Å². The minimum atomic E-state index is -0.477. The molecular formula is C13H12N6O3. The lowest BCUT2D eigenvalue weighted by atomic mass is 10.2. The van der Waals surface area contributed by atoms with Crippen molar-refractivity contribution < 1.29 is 9.53 Å². The lowest BCUT2D eigenvalue weighted by Crippen LogP contribution is -2.11. The molecule has 0 aliphatic carbocycles. The molecule has 3 aromatic rings. The van der Waals surface area contributed by atoms with Crippen LogP contribution in [0.4, 0.5) is 5.95 Å². The molecule has 0 atom stereocenters. The van der Waals surface area contributed by atoms with E-state index in [0.29, 0.717) is 11.3 Å². The summed E-state index contributed by atoms with van der Waals surface area (Å²) >= 11 is 0. The molecule has 0 unspecified atom stereocenters. The third kappa shape index (κ3) is 2.39. The summed E-state index contributed by atoms with van der Waals surface area (Å²) in [4.78, 5) is 31.0. The van der Waals surface area contributed by atoms with Gasteiger partial charge in [0.05, 0.1) is 17.9 Å². The average Bonchev–Trinajstić information content (AvgIpc) is 2.92. The van der Waals surface area contributed by atoms with Gasteiger partial charge in [0.15, 0.2) is 5.52 Å². The number of nitrogens with one attached hydrogen (secondary N) is 1. The highest BCUT2D eigenvalue weighted by Gasteiger charge is 2.12. The van der Waals surface area contributed by atoms with Gasteiger partial charge in [0, 0.05) is 0 Å². The second-order valence-corrected chi connectivity index (χ2v) is 4.38. The van der Waals surface area contributed by atoms with E-state index in [1.807, 2.05) is 0 Å². The molecule has 9 heteroatoms. The van der Waals surface area contributed by atoms with Crippen LogP contribution in [0.5, 0.6) is 0 Å². The Kier molecular flexibility index (Phi) is 3.30. The summed E-state index contributed by atoms with van der Waals surface area (Å²) in [6, 6.07) is 6.54. The number of fused-ring (bicyclic) bond motifs is 1. The van der Waals surface area contributed by atoms with Crippen LogP contribution in [0.25, 0.3) is 16.9 Å². The van der Waals surface area contributed by atoms with Crippen LogP contribution >= 0.6 is 0 Å². The van der Waals surface area contributed by atoms with Gasteiger partial charge in [0.2, 0.25) is 11.6 Å². The van der Waals surface area contributed by atoms with E-state index >= 15 is 0 Å². The van der Waals surface area contributed by atoms with Crippen molar-refractivity contribution in [2.75, 3.05) is 12.3 Å². The maximum atomic E-state index is 11.7. The Morgan fingerprint density at radius 3 is 3.00 bits per heavy atom. The SMILES string of the molecule is CCOC(=O)c1cccc(-n2nc3nc(N)[nH]c(=O)c3n2)c1. The fourth-order valence-electron chi connectivity index (χ4n) is 1.93. The van der Waals surface area contributed by atoms with E-state index in [2.05, 4.69) is 20.2 Å². The average molecular weight is 300 g/mol. The number of nitrogens with two attached hydrogens (primary N) is 1. The number of benzene rings is 1. The molecule has 2 heterocycles. The number of esters is 1. The first-order chi connectivity index (χ1) is 10.6. The van der Waals surface area contributed by atoms with Gasteiger partial charge in [-0.1, -0.05) is 6.07 Å². The van der Waals surface area contributed by atoms with Crippen LogP contribution in [-0.4, -0.2) is 37.5 Å². The Balaban J connectivity index is 2.08. The van der Waals surface area contributed by atoms with Crippen molar-refractivity contribution in [3.05, 3.63) is 40.2 Å². The van der Waals surface area contributed by atoms with Crippen molar-refractivity contribution in [2.24, 2.45) is 0 Å². The predicted octanol–water partition coefficient (Wildman–Crippen LogP) is 0.263. The molecule has 0 fully saturated rings. The molecule has 2 aromatic heterocycles. The fourth-order valence-corrected chi connectivity index (χ4v) is 1.93. The molecule has 0 aliphatic rings. The van der Waals surface area contributed by atoms with E-state index in [-0.39, 0.29) is 23.7 Å². The molecule has 0 radical (unpaired) electrons. The zero-order valence-electron chi connectivity index (χ0n) is 11.6. The van der Waals surface area contributed by atoms with Crippen molar-refractivity contribution in [1.82, 2.24) is 25.0 Å². The molecule has 0 saturated heterocycles. The summed E-state index contributed by atoms with van der Waals surface area (Å²) in [5, 5.41) is 8.16. The lowest BCUT2D eigenvalue weighted by molar-refractivity contribution is 0.0526. The minimum absolute atomic E-state index is 0.0372. The maximum absolute atomic E-state index is 11.7. The van der Waals surface area contributed by atoms with Crippen LogP contribution in [-0.2, 0) is 4.74 Å². The number of nitrogens with zero attached hydrogens (tertiary/aromatic N) is 4. The number of nitrogen functional groups attached to an aromatic ring is 1. The summed E-state index contributed by atoms with van der Waals surface area (Å²) in [5.74, 6) is -0.480. The smallest absolute Gasteiger partial charge is 0.338 e. The normalized spacial score (nSPS) is 10.8. The van der Waals surface area contributed by atoms with Gasteiger partial charge in [-0.05, 0) is 25.1 Å². The Morgan fingerprint density at radius 2 is 2.23 bits per heavy atom. The Hall–Kier alpha value is -3.23. The number of carbonyl (C=O) groups is 1. The highest BCUT2D eigenvalue weighted by Crippen LogP contribution is 2.12. The third-order valence-electron chi connectivity index (χ3n) is 2.87. The number of H-pyrrole nitrogens is 1. The van der Waals surface area contributed by atoms with E-state index in [1.54, 1.807) is 31.2 Å². The van der Waals surface area contributed by atoms with Crippen LogP contribution in [0.15, 0.2) is 29.1 Å². The molecule has 0 amide bonds. The molecular weight excluding hydrogens is 288 g/mol. The highest BCUT2D eigenvalue weighted by atomic mass is 16.5. The Bertz CT molecular complexity index is 914. The van der Waals surface area contributed by atoms with Crippen molar-refractivity contribution in [3.8, 4) is 5.69 Å².